The molecule has 8 heavy (non-hydrogen) atoms. The van der Waals surface area contributed by atoms with E-state index in [1.807, 2.05) is 13.8 Å². The first-order valence-corrected chi connectivity index (χ1v) is 2.30. The minimum Gasteiger partial charge on any atom is -1.00 e. The molecule has 0 spiro atoms. The molecule has 0 bridgehead atoms. The van der Waals surface area contributed by atoms with Gasteiger partial charge in [0.05, 0.1) is 6.10 Å². The number of rotatable bonds is 1. The van der Waals surface area contributed by atoms with Crippen molar-refractivity contribution in [3.8, 4) is 0 Å². The Balaban J connectivity index is -0.0000000600. The van der Waals surface area contributed by atoms with Gasteiger partial charge in [0.25, 0.3) is 0 Å². The second-order valence-electron chi connectivity index (χ2n) is 1.66. The number of carbonyl (C=O) groups is 1. The summed E-state index contributed by atoms with van der Waals surface area (Å²) in [7, 11) is 0. The summed E-state index contributed by atoms with van der Waals surface area (Å²) >= 11 is 0. The summed E-state index contributed by atoms with van der Waals surface area (Å²) in [6, 6.07) is 0. The van der Waals surface area contributed by atoms with Crippen LogP contribution in [-0.4, -0.2) is 35.1 Å². The summed E-state index contributed by atoms with van der Waals surface area (Å²) < 4.78 is 4.61. The Morgan fingerprint density at radius 2 is 2.00 bits per heavy atom. The average Bonchev–Trinajstić information content (AvgIpc) is 1.27. The molecule has 0 saturated carbocycles. The minimum atomic E-state index is -0.213. The van der Waals surface area contributed by atoms with Gasteiger partial charge in [0.15, 0.2) is 0 Å². The van der Waals surface area contributed by atoms with Gasteiger partial charge in [-0.25, -0.2) is 0 Å². The summed E-state index contributed by atoms with van der Waals surface area (Å²) in [5, 5.41) is 0. The number of carbonyl (C=O) groups excluding carboxylic acids is 1. The van der Waals surface area contributed by atoms with Gasteiger partial charge in [0, 0.05) is 6.92 Å². The SMILES string of the molecule is CC(=O)OC(C)C.[H-].[H-].[Mg+2]. The van der Waals surface area contributed by atoms with Crippen molar-refractivity contribution in [1.82, 2.24) is 0 Å². The molecule has 3 heteroatoms. The van der Waals surface area contributed by atoms with E-state index in [2.05, 4.69) is 4.74 Å². The Hall–Kier alpha value is 0.236. The largest absolute Gasteiger partial charge is 2.00 e. The monoisotopic (exact) mass is 128 g/mol. The standard InChI is InChI=1S/C5H10O2.Mg.2H/c1-4(2)7-5(3)6;;;/h4H,1-3H3;;;/q;+2;2*-1. The van der Waals surface area contributed by atoms with Crippen molar-refractivity contribution in [2.24, 2.45) is 0 Å². The molecular formula is C5H12MgO2. The maximum atomic E-state index is 10.0. The molecular weight excluding hydrogens is 116 g/mol. The van der Waals surface area contributed by atoms with Gasteiger partial charge in [0.2, 0.25) is 0 Å². The van der Waals surface area contributed by atoms with Crippen LogP contribution in [0.2, 0.25) is 0 Å². The molecule has 0 saturated heterocycles. The summed E-state index contributed by atoms with van der Waals surface area (Å²) in [5.41, 5.74) is 0. The van der Waals surface area contributed by atoms with Crippen molar-refractivity contribution in [2.45, 2.75) is 26.9 Å². The fraction of sp³-hybridized carbons (Fsp3) is 0.800. The van der Waals surface area contributed by atoms with Gasteiger partial charge in [-0.15, -0.1) is 0 Å². The van der Waals surface area contributed by atoms with Gasteiger partial charge in [-0.05, 0) is 13.8 Å². The molecule has 0 aliphatic rings. The van der Waals surface area contributed by atoms with Gasteiger partial charge in [0.1, 0.15) is 0 Å². The third-order valence-corrected chi connectivity index (χ3v) is 0.402. The van der Waals surface area contributed by atoms with E-state index in [0.717, 1.165) is 0 Å². The third-order valence-electron chi connectivity index (χ3n) is 0.402. The molecule has 0 aromatic heterocycles. The third kappa shape index (κ3) is 9.53. The van der Waals surface area contributed by atoms with Crippen LogP contribution in [0.1, 0.15) is 23.6 Å². The van der Waals surface area contributed by atoms with Crippen LogP contribution in [0.4, 0.5) is 0 Å². The first-order chi connectivity index (χ1) is 3.13. The first-order valence-electron chi connectivity index (χ1n) is 2.30. The van der Waals surface area contributed by atoms with Crippen LogP contribution in [0.15, 0.2) is 0 Å². The summed E-state index contributed by atoms with van der Waals surface area (Å²) in [4.78, 5) is 10.0. The predicted octanol–water partition coefficient (Wildman–Crippen LogP) is 0.802. The Bertz CT molecular complexity index is 78.0. The van der Waals surface area contributed by atoms with Crippen molar-refractivity contribution in [3.63, 3.8) is 0 Å². The van der Waals surface area contributed by atoms with Crippen molar-refractivity contribution < 1.29 is 12.4 Å². The fourth-order valence-electron chi connectivity index (χ4n) is 0.332. The summed E-state index contributed by atoms with van der Waals surface area (Å²) in [5.74, 6) is -0.213. The van der Waals surface area contributed by atoms with Crippen molar-refractivity contribution >= 4 is 29.0 Å². The van der Waals surface area contributed by atoms with Crippen LogP contribution in [0.3, 0.4) is 0 Å². The molecule has 0 amide bonds. The number of esters is 1. The van der Waals surface area contributed by atoms with Crippen LogP contribution in [-0.2, 0) is 9.53 Å². The average molecular weight is 128 g/mol. The minimum absolute atomic E-state index is 0. The zero-order valence-electron chi connectivity index (χ0n) is 7.60. The molecule has 0 N–H and O–H groups in total. The maximum Gasteiger partial charge on any atom is 2.00 e. The molecule has 0 heterocycles. The van der Waals surface area contributed by atoms with E-state index in [4.69, 9.17) is 0 Å². The molecule has 0 aromatic carbocycles. The number of ether oxygens (including phenoxy) is 1. The molecule has 0 rings (SSSR count). The van der Waals surface area contributed by atoms with Crippen LogP contribution < -0.4 is 0 Å². The van der Waals surface area contributed by atoms with Gasteiger partial charge >= 0.3 is 29.0 Å². The van der Waals surface area contributed by atoms with Gasteiger partial charge in [-0.2, -0.15) is 0 Å². The van der Waals surface area contributed by atoms with Gasteiger partial charge in [-0.3, -0.25) is 4.79 Å². The number of hydrogen-bond donors (Lipinski definition) is 0. The smallest absolute Gasteiger partial charge is 1.00 e. The Labute approximate surface area is 68.7 Å². The fourth-order valence-corrected chi connectivity index (χ4v) is 0.332. The summed E-state index contributed by atoms with van der Waals surface area (Å²) in [6.45, 7) is 5.04. The van der Waals surface area contributed by atoms with E-state index in [0.29, 0.717) is 0 Å². The van der Waals surface area contributed by atoms with Crippen molar-refractivity contribution in [1.29, 1.82) is 0 Å². The van der Waals surface area contributed by atoms with E-state index in [1.54, 1.807) is 0 Å². The van der Waals surface area contributed by atoms with E-state index in [-0.39, 0.29) is 38.0 Å². The maximum absolute atomic E-state index is 10.0. The molecule has 46 valence electrons. The van der Waals surface area contributed by atoms with E-state index >= 15 is 0 Å². The first kappa shape index (κ1) is 11.1. The zero-order chi connectivity index (χ0) is 5.86. The molecule has 0 unspecified atom stereocenters. The molecule has 2 nitrogen and oxygen atoms in total. The van der Waals surface area contributed by atoms with E-state index in [1.165, 1.54) is 6.92 Å². The van der Waals surface area contributed by atoms with Crippen LogP contribution >= 0.6 is 0 Å². The Kier molecular flexibility index (Phi) is 7.45. The van der Waals surface area contributed by atoms with Gasteiger partial charge in [-0.1, -0.05) is 0 Å². The molecule has 0 fully saturated rings. The van der Waals surface area contributed by atoms with E-state index in [9.17, 15) is 4.79 Å². The number of hydrogen-bond acceptors (Lipinski definition) is 2. The second kappa shape index (κ2) is 5.37. The normalized spacial score (nSPS) is 8.00. The Morgan fingerprint density at radius 3 is 2.00 bits per heavy atom. The van der Waals surface area contributed by atoms with Crippen LogP contribution in [0.5, 0.6) is 0 Å². The van der Waals surface area contributed by atoms with Crippen molar-refractivity contribution in [3.05, 3.63) is 0 Å². The van der Waals surface area contributed by atoms with Crippen molar-refractivity contribution in [2.75, 3.05) is 0 Å². The quantitative estimate of drug-likeness (QED) is 0.386. The molecule has 0 aromatic rings. The molecule has 0 atom stereocenters. The van der Waals surface area contributed by atoms with Crippen LogP contribution in [0.25, 0.3) is 0 Å². The second-order valence-corrected chi connectivity index (χ2v) is 1.66. The van der Waals surface area contributed by atoms with E-state index < -0.39 is 0 Å². The molecule has 0 aliphatic carbocycles. The Morgan fingerprint density at radius 1 is 1.62 bits per heavy atom. The molecule has 0 radical (unpaired) electrons. The van der Waals surface area contributed by atoms with Gasteiger partial charge < -0.3 is 7.59 Å². The summed E-state index contributed by atoms with van der Waals surface area (Å²) in [6.07, 6.45) is 0.0255. The zero-order valence-corrected chi connectivity index (χ0v) is 7.02. The topological polar surface area (TPSA) is 26.3 Å². The molecule has 0 aliphatic heterocycles. The van der Waals surface area contributed by atoms with Crippen LogP contribution in [0, 0.1) is 0 Å². The predicted molar refractivity (Wildman–Crippen MR) is 34.9 cm³/mol.